The summed E-state index contributed by atoms with van der Waals surface area (Å²) in [5, 5.41) is 0.641. The van der Waals surface area contributed by atoms with Gasteiger partial charge in [0.2, 0.25) is 0 Å². The Morgan fingerprint density at radius 2 is 2.10 bits per heavy atom. The van der Waals surface area contributed by atoms with E-state index in [4.69, 9.17) is 0 Å². The molecule has 0 amide bonds. The van der Waals surface area contributed by atoms with Gasteiger partial charge in [0.25, 0.3) is 5.56 Å². The van der Waals surface area contributed by atoms with Gasteiger partial charge in [-0.15, -0.1) is 0 Å². The molecule has 3 fully saturated rings. The van der Waals surface area contributed by atoms with Crippen molar-refractivity contribution in [2.24, 2.45) is 5.92 Å². The zero-order chi connectivity index (χ0) is 13.7. The van der Waals surface area contributed by atoms with Crippen LogP contribution in [0.15, 0.2) is 17.1 Å². The van der Waals surface area contributed by atoms with Crippen LogP contribution in [0.5, 0.6) is 0 Å². The van der Waals surface area contributed by atoms with Gasteiger partial charge in [-0.25, -0.2) is 9.97 Å². The maximum absolute atomic E-state index is 12.1. The molecule has 4 heterocycles. The monoisotopic (exact) mass is 270 g/mol. The first-order valence-electron chi connectivity index (χ1n) is 7.34. The zero-order valence-electron chi connectivity index (χ0n) is 11.6. The van der Waals surface area contributed by atoms with E-state index in [0.29, 0.717) is 22.8 Å². The molecule has 2 aromatic heterocycles. The fourth-order valence-corrected chi connectivity index (χ4v) is 3.65. The molecule has 5 nitrogen and oxygen atoms in total. The number of nitrogens with zero attached hydrogens (tertiary/aromatic N) is 3. The SMILES string of the molecule is Cc1nc2cnc(N3CC4CCC3CC4)cc2c(=O)[nH]1. The lowest BCUT2D eigenvalue weighted by atomic mass is 9.80. The van der Waals surface area contributed by atoms with Gasteiger partial charge in [0.15, 0.2) is 0 Å². The van der Waals surface area contributed by atoms with Crippen molar-refractivity contribution in [1.82, 2.24) is 15.0 Å². The molecule has 2 saturated heterocycles. The van der Waals surface area contributed by atoms with E-state index in [1.165, 1.54) is 25.7 Å². The molecule has 104 valence electrons. The molecule has 1 N–H and O–H groups in total. The zero-order valence-corrected chi connectivity index (χ0v) is 11.6. The number of hydrogen-bond acceptors (Lipinski definition) is 4. The van der Waals surface area contributed by atoms with Crippen LogP contribution >= 0.6 is 0 Å². The molecule has 2 aromatic rings. The van der Waals surface area contributed by atoms with Gasteiger partial charge in [-0.3, -0.25) is 4.79 Å². The molecule has 5 heteroatoms. The van der Waals surface area contributed by atoms with Crippen molar-refractivity contribution >= 4 is 16.7 Å². The second-order valence-electron chi connectivity index (χ2n) is 6.04. The van der Waals surface area contributed by atoms with Crippen molar-refractivity contribution < 1.29 is 0 Å². The number of aryl methyl sites for hydroxylation is 1. The number of pyridine rings is 1. The Morgan fingerprint density at radius 1 is 1.30 bits per heavy atom. The molecule has 2 aliphatic heterocycles. The Labute approximate surface area is 117 Å². The normalized spacial score (nSPS) is 25.4. The van der Waals surface area contributed by atoms with E-state index in [2.05, 4.69) is 19.9 Å². The molecule has 20 heavy (non-hydrogen) atoms. The second-order valence-corrected chi connectivity index (χ2v) is 6.04. The van der Waals surface area contributed by atoms with Crippen molar-refractivity contribution in [1.29, 1.82) is 0 Å². The lowest BCUT2D eigenvalue weighted by Gasteiger charge is -2.46. The molecule has 2 bridgehead atoms. The molecular formula is C15H18N4O. The van der Waals surface area contributed by atoms with Gasteiger partial charge >= 0.3 is 0 Å². The summed E-state index contributed by atoms with van der Waals surface area (Å²) in [5.74, 6) is 2.36. The third-order valence-electron chi connectivity index (χ3n) is 4.70. The molecule has 0 atom stereocenters. The van der Waals surface area contributed by atoms with E-state index in [1.807, 2.05) is 6.07 Å². The van der Waals surface area contributed by atoms with Crippen LogP contribution in [0.25, 0.3) is 10.9 Å². The van der Waals surface area contributed by atoms with Crippen LogP contribution in [-0.2, 0) is 0 Å². The summed E-state index contributed by atoms with van der Waals surface area (Å²) in [7, 11) is 0. The van der Waals surface area contributed by atoms with Crippen molar-refractivity contribution in [2.75, 3.05) is 11.4 Å². The number of piperidine rings is 2. The summed E-state index contributed by atoms with van der Waals surface area (Å²) >= 11 is 0. The summed E-state index contributed by atoms with van der Waals surface area (Å²) in [5.41, 5.74) is 0.607. The highest BCUT2D eigenvalue weighted by Gasteiger charge is 2.34. The number of anilines is 1. The molecule has 0 aromatic carbocycles. The highest BCUT2D eigenvalue weighted by Crippen LogP contribution is 2.37. The van der Waals surface area contributed by atoms with Crippen LogP contribution in [-0.4, -0.2) is 27.5 Å². The van der Waals surface area contributed by atoms with Crippen molar-refractivity contribution in [3.63, 3.8) is 0 Å². The number of aromatic nitrogens is 3. The van der Waals surface area contributed by atoms with E-state index in [9.17, 15) is 4.79 Å². The maximum Gasteiger partial charge on any atom is 0.258 e. The van der Waals surface area contributed by atoms with E-state index < -0.39 is 0 Å². The maximum atomic E-state index is 12.1. The fraction of sp³-hybridized carbons (Fsp3) is 0.533. The highest BCUT2D eigenvalue weighted by molar-refractivity contribution is 5.79. The van der Waals surface area contributed by atoms with Gasteiger partial charge in [0.05, 0.1) is 17.1 Å². The van der Waals surface area contributed by atoms with Crippen molar-refractivity contribution in [3.8, 4) is 0 Å². The van der Waals surface area contributed by atoms with E-state index in [1.54, 1.807) is 13.1 Å². The van der Waals surface area contributed by atoms with E-state index in [-0.39, 0.29) is 5.56 Å². The molecule has 0 spiro atoms. The molecule has 3 aliphatic rings. The predicted octanol–water partition coefficient (Wildman–Crippen LogP) is 2.01. The second kappa shape index (κ2) is 4.30. The van der Waals surface area contributed by atoms with Crippen LogP contribution in [0.3, 0.4) is 0 Å². The predicted molar refractivity (Wildman–Crippen MR) is 78.0 cm³/mol. The van der Waals surface area contributed by atoms with Gasteiger partial charge in [0.1, 0.15) is 11.6 Å². The minimum Gasteiger partial charge on any atom is -0.353 e. The Kier molecular flexibility index (Phi) is 2.55. The van der Waals surface area contributed by atoms with Crippen molar-refractivity contribution in [2.45, 2.75) is 38.6 Å². The average molecular weight is 270 g/mol. The number of rotatable bonds is 1. The Balaban J connectivity index is 1.79. The molecular weight excluding hydrogens is 252 g/mol. The van der Waals surface area contributed by atoms with Gasteiger partial charge in [0, 0.05) is 12.6 Å². The van der Waals surface area contributed by atoms with Crippen molar-refractivity contribution in [3.05, 3.63) is 28.4 Å². The lowest BCUT2D eigenvalue weighted by Crippen LogP contribution is -2.48. The molecule has 5 rings (SSSR count). The molecule has 1 saturated carbocycles. The van der Waals surface area contributed by atoms with Crippen LogP contribution in [0.4, 0.5) is 5.82 Å². The summed E-state index contributed by atoms with van der Waals surface area (Å²) in [4.78, 5) is 26.1. The fourth-order valence-electron chi connectivity index (χ4n) is 3.65. The number of aromatic amines is 1. The summed E-state index contributed by atoms with van der Waals surface area (Å²) in [6.07, 6.45) is 6.93. The van der Waals surface area contributed by atoms with Crippen LogP contribution < -0.4 is 10.5 Å². The minimum absolute atomic E-state index is 0.0710. The van der Waals surface area contributed by atoms with Gasteiger partial charge in [-0.2, -0.15) is 0 Å². The van der Waals surface area contributed by atoms with E-state index in [0.717, 1.165) is 18.3 Å². The molecule has 0 radical (unpaired) electrons. The van der Waals surface area contributed by atoms with Crippen LogP contribution in [0.2, 0.25) is 0 Å². The summed E-state index contributed by atoms with van der Waals surface area (Å²) in [6.45, 7) is 2.87. The average Bonchev–Trinajstić information content (AvgIpc) is 2.48. The number of H-pyrrole nitrogens is 1. The quantitative estimate of drug-likeness (QED) is 0.861. The number of fused-ring (bicyclic) bond motifs is 4. The minimum atomic E-state index is -0.0710. The molecule has 0 unspecified atom stereocenters. The topological polar surface area (TPSA) is 61.9 Å². The van der Waals surface area contributed by atoms with Crippen LogP contribution in [0.1, 0.15) is 31.5 Å². The first-order valence-corrected chi connectivity index (χ1v) is 7.34. The largest absolute Gasteiger partial charge is 0.353 e. The van der Waals surface area contributed by atoms with Gasteiger partial charge in [-0.05, 0) is 44.6 Å². The first-order chi connectivity index (χ1) is 9.70. The summed E-state index contributed by atoms with van der Waals surface area (Å²) < 4.78 is 0. The Hall–Kier alpha value is -1.91. The number of hydrogen-bond donors (Lipinski definition) is 1. The smallest absolute Gasteiger partial charge is 0.258 e. The third-order valence-corrected chi connectivity index (χ3v) is 4.70. The summed E-state index contributed by atoms with van der Waals surface area (Å²) in [6, 6.07) is 2.50. The molecule has 1 aliphatic carbocycles. The highest BCUT2D eigenvalue weighted by atomic mass is 16.1. The first kappa shape index (κ1) is 11.9. The standard InChI is InChI=1S/C15H18N4O/c1-9-17-13-7-16-14(6-12(13)15(20)18-9)19-8-10-2-4-11(19)5-3-10/h6-7,10-11H,2-5,8H2,1H3,(H,17,18,20). The number of nitrogens with one attached hydrogen (secondary N) is 1. The Bertz CT molecular complexity index is 715. The van der Waals surface area contributed by atoms with Gasteiger partial charge < -0.3 is 9.88 Å². The van der Waals surface area contributed by atoms with Gasteiger partial charge in [-0.1, -0.05) is 0 Å². The lowest BCUT2D eigenvalue weighted by molar-refractivity contribution is 0.251. The van der Waals surface area contributed by atoms with Crippen LogP contribution in [0, 0.1) is 12.8 Å². The van der Waals surface area contributed by atoms with E-state index >= 15 is 0 Å². The third kappa shape index (κ3) is 1.80. The Morgan fingerprint density at radius 3 is 2.80 bits per heavy atom.